The third-order valence-corrected chi connectivity index (χ3v) is 2.91. The van der Waals surface area contributed by atoms with Crippen LogP contribution in [0, 0.1) is 15.7 Å². The maximum atomic E-state index is 3.30. The predicted octanol–water partition coefficient (Wildman–Crippen LogP) is 2.65. The van der Waals surface area contributed by atoms with Crippen molar-refractivity contribution in [2.75, 3.05) is 0 Å². The van der Waals surface area contributed by atoms with Crippen LogP contribution in [0.4, 0.5) is 0 Å². The minimum atomic E-state index is 0.987. The maximum absolute atomic E-state index is 3.30. The van der Waals surface area contributed by atoms with Crippen molar-refractivity contribution >= 4 is 38.5 Å². The first-order valence-corrected chi connectivity index (χ1v) is 3.91. The molecule has 1 rings (SSSR count). The molecule has 0 saturated carbocycles. The van der Waals surface area contributed by atoms with Crippen LogP contribution in [0.2, 0.25) is 0 Å². The minimum absolute atomic E-state index is 0.987. The zero-order chi connectivity index (χ0) is 5.98. The Morgan fingerprint density at radius 1 is 1.38 bits per heavy atom. The molecular formula is C6H2BrI. The Morgan fingerprint density at radius 3 is 2.38 bits per heavy atom. The van der Waals surface area contributed by atoms with E-state index in [1.807, 2.05) is 12.1 Å². The Bertz CT molecular complexity index is 165. The third kappa shape index (κ3) is 1.45. The van der Waals surface area contributed by atoms with Crippen LogP contribution >= 0.6 is 38.5 Å². The summed E-state index contributed by atoms with van der Waals surface area (Å²) in [7, 11) is 0. The molecule has 0 bridgehead atoms. The van der Waals surface area contributed by atoms with E-state index >= 15 is 0 Å². The topological polar surface area (TPSA) is 0 Å². The molecule has 0 fully saturated rings. The summed E-state index contributed by atoms with van der Waals surface area (Å²) >= 11 is 5.49. The zero-order valence-corrected chi connectivity index (χ0v) is 7.65. The fourth-order valence-electron chi connectivity index (χ4n) is 0.356. The SMILES string of the molecule is Brc1[c]cc[c]c1I. The highest BCUT2D eigenvalue weighted by Crippen LogP contribution is 2.15. The number of halogens is 2. The van der Waals surface area contributed by atoms with Gasteiger partial charge in [-0.05, 0) is 50.7 Å². The average Bonchev–Trinajstić information content (AvgIpc) is 1.77. The van der Waals surface area contributed by atoms with Crippen molar-refractivity contribution in [2.24, 2.45) is 0 Å². The smallest absolute Gasteiger partial charge is 0.0393 e. The third-order valence-electron chi connectivity index (χ3n) is 0.696. The van der Waals surface area contributed by atoms with E-state index in [1.54, 1.807) is 0 Å². The Hall–Kier alpha value is 0.430. The molecule has 8 heavy (non-hydrogen) atoms. The first-order chi connectivity index (χ1) is 3.80. The second-order valence-corrected chi connectivity index (χ2v) is 3.12. The lowest BCUT2D eigenvalue weighted by molar-refractivity contribution is 1.56. The molecule has 40 valence electrons. The largest absolute Gasteiger partial charge is 0.0526 e. The standard InChI is InChI=1S/C6H2BrI/c7-5-3-1-2-4-6(5)8/h1-2H. The van der Waals surface area contributed by atoms with Gasteiger partial charge in [0.1, 0.15) is 0 Å². The van der Waals surface area contributed by atoms with Crippen LogP contribution in [0.25, 0.3) is 0 Å². The summed E-state index contributed by atoms with van der Waals surface area (Å²) in [6, 6.07) is 9.65. The van der Waals surface area contributed by atoms with Crippen molar-refractivity contribution in [3.63, 3.8) is 0 Å². The molecule has 0 amide bonds. The highest BCUT2D eigenvalue weighted by Gasteiger charge is 1.89. The second kappa shape index (κ2) is 2.82. The van der Waals surface area contributed by atoms with Crippen molar-refractivity contribution in [2.45, 2.75) is 0 Å². The van der Waals surface area contributed by atoms with Gasteiger partial charge in [0.2, 0.25) is 0 Å². The Kier molecular flexibility index (Phi) is 2.31. The van der Waals surface area contributed by atoms with E-state index < -0.39 is 0 Å². The lowest BCUT2D eigenvalue weighted by atomic mass is 10.4. The van der Waals surface area contributed by atoms with Crippen LogP contribution in [0.3, 0.4) is 0 Å². The van der Waals surface area contributed by atoms with Crippen molar-refractivity contribution in [1.29, 1.82) is 0 Å². The summed E-state index contributed by atoms with van der Waals surface area (Å²) in [4.78, 5) is 0. The molecule has 0 aliphatic carbocycles. The second-order valence-electron chi connectivity index (χ2n) is 1.25. The van der Waals surface area contributed by atoms with Gasteiger partial charge in [-0.2, -0.15) is 0 Å². The van der Waals surface area contributed by atoms with Gasteiger partial charge < -0.3 is 0 Å². The molecule has 0 unspecified atom stereocenters. The van der Waals surface area contributed by atoms with Gasteiger partial charge in [-0.25, -0.2) is 0 Å². The molecule has 2 heteroatoms. The van der Waals surface area contributed by atoms with Crippen LogP contribution < -0.4 is 0 Å². The first-order valence-electron chi connectivity index (χ1n) is 2.04. The van der Waals surface area contributed by atoms with Gasteiger partial charge in [0.25, 0.3) is 0 Å². The van der Waals surface area contributed by atoms with Gasteiger partial charge in [0.15, 0.2) is 0 Å². The Labute approximate surface area is 70.6 Å². The van der Waals surface area contributed by atoms with E-state index in [2.05, 4.69) is 50.7 Å². The summed E-state index contributed by atoms with van der Waals surface area (Å²) in [6.45, 7) is 0. The monoisotopic (exact) mass is 280 g/mol. The summed E-state index contributed by atoms with van der Waals surface area (Å²) in [5, 5.41) is 0. The van der Waals surface area contributed by atoms with Crippen molar-refractivity contribution < 1.29 is 0 Å². The van der Waals surface area contributed by atoms with Gasteiger partial charge >= 0.3 is 0 Å². The van der Waals surface area contributed by atoms with E-state index in [9.17, 15) is 0 Å². The molecule has 0 N–H and O–H groups in total. The number of hydrogen-bond donors (Lipinski definition) is 0. The van der Waals surface area contributed by atoms with E-state index in [4.69, 9.17) is 0 Å². The molecule has 0 spiro atoms. The van der Waals surface area contributed by atoms with E-state index in [0.717, 1.165) is 8.04 Å². The Balaban J connectivity index is 3.13. The van der Waals surface area contributed by atoms with Gasteiger partial charge in [-0.15, -0.1) is 0 Å². The minimum Gasteiger partial charge on any atom is -0.0526 e. The molecule has 2 radical (unpaired) electrons. The molecule has 1 aromatic carbocycles. The van der Waals surface area contributed by atoms with Gasteiger partial charge in [-0.1, -0.05) is 12.1 Å². The fourth-order valence-corrected chi connectivity index (χ4v) is 0.939. The normalized spacial score (nSPS) is 9.25. The van der Waals surface area contributed by atoms with Crippen molar-refractivity contribution in [1.82, 2.24) is 0 Å². The molecular weight excluding hydrogens is 279 g/mol. The van der Waals surface area contributed by atoms with Crippen LogP contribution in [0.1, 0.15) is 0 Å². The van der Waals surface area contributed by atoms with Crippen LogP contribution in [-0.4, -0.2) is 0 Å². The quantitative estimate of drug-likeness (QED) is 0.641. The molecule has 0 aliphatic heterocycles. The summed E-state index contributed by atoms with van der Waals surface area (Å²) in [6.07, 6.45) is 0. The van der Waals surface area contributed by atoms with E-state index in [-0.39, 0.29) is 0 Å². The average molecular weight is 281 g/mol. The number of benzene rings is 1. The molecule has 0 nitrogen and oxygen atoms in total. The van der Waals surface area contributed by atoms with E-state index in [1.165, 1.54) is 0 Å². The van der Waals surface area contributed by atoms with Crippen LogP contribution in [0.15, 0.2) is 16.6 Å². The molecule has 0 aromatic heterocycles. The van der Waals surface area contributed by atoms with Crippen molar-refractivity contribution in [3.8, 4) is 0 Å². The highest BCUT2D eigenvalue weighted by molar-refractivity contribution is 14.1. The van der Waals surface area contributed by atoms with Gasteiger partial charge in [0.05, 0.1) is 0 Å². The summed E-state index contributed by atoms with van der Waals surface area (Å²) in [5.74, 6) is 0. The molecule has 0 aliphatic rings. The molecule has 0 atom stereocenters. The van der Waals surface area contributed by atoms with Crippen molar-refractivity contribution in [3.05, 3.63) is 32.3 Å². The van der Waals surface area contributed by atoms with Gasteiger partial charge in [-0.3, -0.25) is 0 Å². The fraction of sp³-hybridized carbons (Fsp3) is 0. The van der Waals surface area contributed by atoms with Gasteiger partial charge in [0, 0.05) is 8.04 Å². The van der Waals surface area contributed by atoms with E-state index in [0.29, 0.717) is 0 Å². The lowest BCUT2D eigenvalue weighted by Gasteiger charge is -1.87. The maximum Gasteiger partial charge on any atom is 0.0393 e. The molecule has 0 saturated heterocycles. The summed E-state index contributed by atoms with van der Waals surface area (Å²) in [5.41, 5.74) is 0. The zero-order valence-electron chi connectivity index (χ0n) is 3.91. The highest BCUT2D eigenvalue weighted by atomic mass is 127. The van der Waals surface area contributed by atoms with Crippen LogP contribution in [0.5, 0.6) is 0 Å². The number of rotatable bonds is 0. The summed E-state index contributed by atoms with van der Waals surface area (Å²) < 4.78 is 2.06. The van der Waals surface area contributed by atoms with Crippen LogP contribution in [-0.2, 0) is 0 Å². The Morgan fingerprint density at radius 2 is 2.00 bits per heavy atom. The molecule has 0 heterocycles. The lowest BCUT2D eigenvalue weighted by Crippen LogP contribution is -1.70. The predicted molar refractivity (Wildman–Crippen MR) is 44.5 cm³/mol. The molecule has 1 aromatic rings. The first kappa shape index (κ1) is 6.55. The number of hydrogen-bond acceptors (Lipinski definition) is 0.